The van der Waals surface area contributed by atoms with Crippen LogP contribution in [0.5, 0.6) is 0 Å². The van der Waals surface area contributed by atoms with Crippen molar-refractivity contribution >= 4 is 45.5 Å². The zero-order valence-electron chi connectivity index (χ0n) is 35.0. The molecule has 8 heteroatoms. The number of hydrogen-bond donors (Lipinski definition) is 2. The third-order valence-corrected chi connectivity index (χ3v) is 13.3. The van der Waals surface area contributed by atoms with E-state index in [1.165, 1.54) is 58.9 Å². The molecule has 0 spiro atoms. The highest BCUT2D eigenvalue weighted by Gasteiger charge is 2.15. The standard InChI is InChI=1S/C52H62N4O2S2/c57-39-37-53-33-9-7-19-49(53)27-21-45-23-29-51(30-24-45)55(43-47-15-3-1-4-16-47)35-11-13-41-59-60-42-14-12-36-56(44-48-17-5-2-6-18-48)52-31-25-46(26-32-52)22-28-50-20-8-10-34-54(50)38-40-58/h1-10,15-25,27-31,33-34,57-58H,11-14,26,32,35-44H2/q+2. The zero-order valence-corrected chi connectivity index (χ0v) is 36.6. The Morgan fingerprint density at radius 2 is 1.05 bits per heavy atom. The van der Waals surface area contributed by atoms with Crippen LogP contribution in [0.3, 0.4) is 0 Å². The number of aromatic nitrogens is 2. The fourth-order valence-electron chi connectivity index (χ4n) is 7.40. The summed E-state index contributed by atoms with van der Waals surface area (Å²) in [4.78, 5) is 5.11. The predicted molar refractivity (Wildman–Crippen MR) is 255 cm³/mol. The average molecular weight is 839 g/mol. The van der Waals surface area contributed by atoms with Crippen LogP contribution >= 0.6 is 21.6 Å². The summed E-state index contributed by atoms with van der Waals surface area (Å²) >= 11 is 0. The lowest BCUT2D eigenvalue weighted by atomic mass is 10.00. The van der Waals surface area contributed by atoms with Crippen molar-refractivity contribution < 1.29 is 19.3 Å². The van der Waals surface area contributed by atoms with E-state index in [1.54, 1.807) is 0 Å². The highest BCUT2D eigenvalue weighted by molar-refractivity contribution is 8.76. The summed E-state index contributed by atoms with van der Waals surface area (Å²) < 4.78 is 4.16. The molecule has 2 aromatic heterocycles. The number of hydrogen-bond acceptors (Lipinski definition) is 6. The molecule has 5 aromatic rings. The fraction of sp³-hybridized carbons (Fsp3) is 0.308. The third kappa shape index (κ3) is 15.0. The first kappa shape index (κ1) is 44.7. The summed E-state index contributed by atoms with van der Waals surface area (Å²) in [5.41, 5.74) is 10.1. The van der Waals surface area contributed by atoms with Gasteiger partial charge in [0.2, 0.25) is 11.4 Å². The molecule has 2 heterocycles. The summed E-state index contributed by atoms with van der Waals surface area (Å²) in [6.07, 6.45) is 24.2. The maximum absolute atomic E-state index is 9.44. The molecule has 6 rings (SSSR count). The van der Waals surface area contributed by atoms with Crippen LogP contribution in [-0.4, -0.2) is 52.9 Å². The van der Waals surface area contributed by atoms with Crippen molar-refractivity contribution in [3.63, 3.8) is 0 Å². The molecule has 0 radical (unpaired) electrons. The van der Waals surface area contributed by atoms with Crippen molar-refractivity contribution in [1.82, 2.24) is 4.90 Å². The van der Waals surface area contributed by atoms with Crippen molar-refractivity contribution in [2.24, 2.45) is 0 Å². The molecule has 0 saturated carbocycles. The van der Waals surface area contributed by atoms with Crippen LogP contribution < -0.4 is 14.0 Å². The smallest absolute Gasteiger partial charge is 0.205 e. The average Bonchev–Trinajstić information content (AvgIpc) is 3.29. The molecule has 0 fully saturated rings. The second kappa shape index (κ2) is 25.7. The number of unbranched alkanes of at least 4 members (excludes halogenated alkanes) is 2. The van der Waals surface area contributed by atoms with Gasteiger partial charge in [-0.05, 0) is 97.2 Å². The van der Waals surface area contributed by atoms with Crippen LogP contribution in [0.2, 0.25) is 0 Å². The summed E-state index contributed by atoms with van der Waals surface area (Å²) in [7, 11) is 4.07. The van der Waals surface area contributed by atoms with Crippen LogP contribution in [0, 0.1) is 0 Å². The Hall–Kier alpha value is -4.86. The van der Waals surface area contributed by atoms with Gasteiger partial charge in [-0.25, -0.2) is 0 Å². The van der Waals surface area contributed by atoms with Crippen LogP contribution in [0.4, 0.5) is 5.69 Å². The molecule has 0 amide bonds. The first-order valence-corrected chi connectivity index (χ1v) is 24.0. The van der Waals surface area contributed by atoms with E-state index in [4.69, 9.17) is 0 Å². The van der Waals surface area contributed by atoms with Gasteiger partial charge in [-0.3, -0.25) is 0 Å². The van der Waals surface area contributed by atoms with Crippen LogP contribution in [0.15, 0.2) is 163 Å². The van der Waals surface area contributed by atoms with E-state index in [1.807, 2.05) is 58.2 Å². The second-order valence-electron chi connectivity index (χ2n) is 15.1. The van der Waals surface area contributed by atoms with Gasteiger partial charge in [0.25, 0.3) is 0 Å². The molecule has 0 saturated heterocycles. The van der Waals surface area contributed by atoms with E-state index in [9.17, 15) is 10.2 Å². The van der Waals surface area contributed by atoms with Gasteiger partial charge in [-0.15, -0.1) is 0 Å². The monoisotopic (exact) mass is 838 g/mol. The molecule has 0 unspecified atom stereocenters. The SMILES string of the molecule is OCC[n+]1ccccc1/C=C/C1=CC=C(N(CCCCSSCCCCN(Cc2ccccc2)c2ccc(/C=C/c3cccc[n+]3CCO)cc2)Cc2ccccc2)CC1. The quantitative estimate of drug-likeness (QED) is 0.0347. The number of aliphatic hydroxyl groups is 2. The zero-order chi connectivity index (χ0) is 41.5. The molecule has 60 heavy (non-hydrogen) atoms. The summed E-state index contributed by atoms with van der Waals surface area (Å²) in [5.74, 6) is 2.35. The topological polar surface area (TPSA) is 54.7 Å². The van der Waals surface area contributed by atoms with E-state index in [-0.39, 0.29) is 13.2 Å². The maximum Gasteiger partial charge on any atom is 0.205 e. The number of anilines is 1. The van der Waals surface area contributed by atoms with Gasteiger partial charge in [0.15, 0.2) is 25.5 Å². The van der Waals surface area contributed by atoms with Crippen molar-refractivity contribution in [3.8, 4) is 0 Å². The van der Waals surface area contributed by atoms with Gasteiger partial charge in [-0.2, -0.15) is 9.13 Å². The van der Waals surface area contributed by atoms with E-state index >= 15 is 0 Å². The minimum absolute atomic E-state index is 0.122. The highest BCUT2D eigenvalue weighted by atomic mass is 33.1. The van der Waals surface area contributed by atoms with E-state index in [0.29, 0.717) is 13.1 Å². The van der Waals surface area contributed by atoms with Gasteiger partial charge >= 0.3 is 0 Å². The van der Waals surface area contributed by atoms with Crippen molar-refractivity contribution in [2.75, 3.05) is 42.7 Å². The molecule has 6 nitrogen and oxygen atoms in total. The first-order chi connectivity index (χ1) is 29.7. The Morgan fingerprint density at radius 1 is 0.517 bits per heavy atom. The predicted octanol–water partition coefficient (Wildman–Crippen LogP) is 10.2. The van der Waals surface area contributed by atoms with Gasteiger partial charge in [0.05, 0.1) is 0 Å². The molecule has 1 aliphatic rings. The van der Waals surface area contributed by atoms with Crippen LogP contribution in [-0.2, 0) is 26.2 Å². The molecular formula is C52H62N4O2S2+2. The Balaban J connectivity index is 0.937. The molecule has 0 aliphatic heterocycles. The van der Waals surface area contributed by atoms with Gasteiger partial charge < -0.3 is 20.0 Å². The van der Waals surface area contributed by atoms with Crippen molar-refractivity contribution in [3.05, 3.63) is 191 Å². The van der Waals surface area contributed by atoms with E-state index < -0.39 is 0 Å². The summed E-state index contributed by atoms with van der Waals surface area (Å²) in [6.45, 7) is 5.39. The number of allylic oxidation sites excluding steroid dienone is 5. The van der Waals surface area contributed by atoms with Crippen molar-refractivity contribution in [2.45, 2.75) is 64.7 Å². The Labute approximate surface area is 366 Å². The van der Waals surface area contributed by atoms with E-state index in [2.05, 4.69) is 152 Å². The number of aliphatic hydroxyl groups excluding tert-OH is 2. The Morgan fingerprint density at radius 3 is 1.60 bits per heavy atom. The number of pyridine rings is 2. The first-order valence-electron chi connectivity index (χ1n) is 21.6. The van der Waals surface area contributed by atoms with Crippen LogP contribution in [0.1, 0.15) is 66.6 Å². The molecule has 1 aliphatic carbocycles. The maximum atomic E-state index is 9.44. The van der Waals surface area contributed by atoms with Crippen LogP contribution in [0.25, 0.3) is 18.2 Å². The van der Waals surface area contributed by atoms with Gasteiger partial charge in [0, 0.05) is 85.5 Å². The lowest BCUT2D eigenvalue weighted by Gasteiger charge is -2.29. The Bertz CT molecular complexity index is 2120. The second-order valence-corrected chi connectivity index (χ2v) is 17.8. The summed E-state index contributed by atoms with van der Waals surface area (Å²) in [6, 6.07) is 42.8. The lowest BCUT2D eigenvalue weighted by Crippen LogP contribution is -2.38. The Kier molecular flexibility index (Phi) is 19.1. The van der Waals surface area contributed by atoms with Gasteiger partial charge in [0.1, 0.15) is 13.2 Å². The normalized spacial score (nSPS) is 12.8. The highest BCUT2D eigenvalue weighted by Crippen LogP contribution is 2.27. The molecule has 0 bridgehead atoms. The van der Waals surface area contributed by atoms with E-state index in [0.717, 1.165) is 62.4 Å². The number of nitrogens with zero attached hydrogens (tertiary/aromatic N) is 4. The third-order valence-electron chi connectivity index (χ3n) is 10.7. The molecule has 0 atom stereocenters. The van der Waals surface area contributed by atoms with Gasteiger partial charge in [-0.1, -0.05) is 107 Å². The number of benzene rings is 3. The summed E-state index contributed by atoms with van der Waals surface area (Å²) in [5, 5.41) is 18.9. The largest absolute Gasteiger partial charge is 0.390 e. The fourth-order valence-corrected chi connectivity index (χ4v) is 9.69. The molecule has 2 N–H and O–H groups in total. The molecular weight excluding hydrogens is 777 g/mol. The van der Waals surface area contributed by atoms with Crippen molar-refractivity contribution in [1.29, 1.82) is 0 Å². The minimum atomic E-state index is 0.122. The molecule has 312 valence electrons. The molecule has 3 aromatic carbocycles. The number of rotatable bonds is 25. The minimum Gasteiger partial charge on any atom is -0.390 e. The lowest BCUT2D eigenvalue weighted by molar-refractivity contribution is -0.699.